The minimum atomic E-state index is -1.07. The number of nitrogens with zero attached hydrogens (tertiary/aromatic N) is 7. The maximum Gasteiger partial charge on any atom is 0.404 e. The molecule has 3 N–H and O–H groups in total. The van der Waals surface area contributed by atoms with Gasteiger partial charge in [-0.15, -0.1) is 0 Å². The Labute approximate surface area is 250 Å². The van der Waals surface area contributed by atoms with Crippen molar-refractivity contribution in [3.8, 4) is 22.6 Å². The van der Waals surface area contributed by atoms with Gasteiger partial charge in [0.25, 0.3) is 5.56 Å². The van der Waals surface area contributed by atoms with Crippen molar-refractivity contribution in [1.29, 1.82) is 0 Å². The maximum absolute atomic E-state index is 13.4. The van der Waals surface area contributed by atoms with Crippen LogP contribution in [0.3, 0.4) is 0 Å². The normalized spacial score (nSPS) is 15.1. The molecule has 222 valence electrons. The number of rotatable bonds is 8. The van der Waals surface area contributed by atoms with E-state index in [2.05, 4.69) is 25.1 Å². The van der Waals surface area contributed by atoms with Gasteiger partial charge in [0.05, 0.1) is 24.2 Å². The fraction of sp³-hybridized carbons (Fsp3) is 0.310. The lowest BCUT2D eigenvalue weighted by molar-refractivity contribution is -0.0364. The van der Waals surface area contributed by atoms with Gasteiger partial charge in [-0.2, -0.15) is 10.1 Å². The molecule has 1 fully saturated rings. The molecule has 0 unspecified atom stereocenters. The molecule has 43 heavy (non-hydrogen) atoms. The summed E-state index contributed by atoms with van der Waals surface area (Å²) >= 11 is 6.54. The third kappa shape index (κ3) is 6.00. The molecule has 0 saturated carbocycles. The second-order valence-corrected chi connectivity index (χ2v) is 11.1. The Morgan fingerprint density at radius 2 is 1.86 bits per heavy atom. The number of aliphatic hydroxyl groups is 1. The van der Waals surface area contributed by atoms with E-state index in [0.717, 1.165) is 22.3 Å². The van der Waals surface area contributed by atoms with Crippen LogP contribution in [0.4, 0.5) is 4.79 Å². The highest BCUT2D eigenvalue weighted by atomic mass is 35.5. The number of amides is 1. The van der Waals surface area contributed by atoms with Gasteiger partial charge in [0.2, 0.25) is 12.2 Å². The van der Waals surface area contributed by atoms with E-state index in [1.165, 1.54) is 17.3 Å². The van der Waals surface area contributed by atoms with Crippen molar-refractivity contribution in [2.75, 3.05) is 13.1 Å². The number of aryl methyl sites for hydroxylation is 1. The van der Waals surface area contributed by atoms with Crippen LogP contribution in [0.25, 0.3) is 33.7 Å². The number of carbonyl (C=O) groups excluding carboxylic acids is 1. The number of carbonyl (C=O) groups is 1. The largest absolute Gasteiger partial charge is 0.445 e. The Bertz CT molecular complexity index is 1830. The lowest BCUT2D eigenvalue weighted by Gasteiger charge is -2.38. The molecule has 1 aliphatic rings. The van der Waals surface area contributed by atoms with Crippen molar-refractivity contribution in [1.82, 2.24) is 34.4 Å². The first-order valence-electron chi connectivity index (χ1n) is 13.6. The standard InChI is InChI=1S/C29H29ClN8O5/c1-36-25(19-4-2-18(3-5-19)14-42-28(31)40)23-24(34-36)27(39)38(16-32-23)15-29(41)8-10-37(11-9-29)13-21-7-6-20(12-22(21)30)26-33-17-43-35-26/h2-7,12,16-17,41H,8-11,13-15H2,1H3,(H2,31,40). The number of primary amides is 1. The van der Waals surface area contributed by atoms with Crippen molar-refractivity contribution in [2.24, 2.45) is 12.8 Å². The number of hydrogen-bond donors (Lipinski definition) is 2. The fourth-order valence-electron chi connectivity index (χ4n) is 5.40. The summed E-state index contributed by atoms with van der Waals surface area (Å²) in [5.41, 5.74) is 8.33. The first kappa shape index (κ1) is 28.5. The zero-order valence-corrected chi connectivity index (χ0v) is 24.1. The quantitative estimate of drug-likeness (QED) is 0.268. The van der Waals surface area contributed by atoms with Gasteiger partial charge in [-0.1, -0.05) is 53.2 Å². The van der Waals surface area contributed by atoms with Crippen LogP contribution in [-0.2, 0) is 31.5 Å². The number of nitrogens with two attached hydrogens (primary N) is 1. The van der Waals surface area contributed by atoms with Crippen LogP contribution in [-0.4, -0.2) is 64.3 Å². The van der Waals surface area contributed by atoms with E-state index in [1.807, 2.05) is 30.3 Å². The second-order valence-electron chi connectivity index (χ2n) is 10.7. The van der Waals surface area contributed by atoms with Crippen LogP contribution >= 0.6 is 11.6 Å². The van der Waals surface area contributed by atoms with Gasteiger partial charge in [0.15, 0.2) is 5.52 Å². The van der Waals surface area contributed by atoms with Gasteiger partial charge in [0, 0.05) is 42.8 Å². The monoisotopic (exact) mass is 604 g/mol. The molecule has 2 aromatic carbocycles. The lowest BCUT2D eigenvalue weighted by Crippen LogP contribution is -2.47. The summed E-state index contributed by atoms with van der Waals surface area (Å²) in [6.45, 7) is 2.08. The Hall–Kier alpha value is -4.59. The average molecular weight is 605 g/mol. The SMILES string of the molecule is Cn1nc2c(=O)n(CC3(O)CCN(Cc4ccc(-c5ncon5)cc4Cl)CC3)cnc2c1-c1ccc(COC(N)=O)cc1. The smallest absolute Gasteiger partial charge is 0.404 e. The van der Waals surface area contributed by atoms with Gasteiger partial charge >= 0.3 is 6.09 Å². The lowest BCUT2D eigenvalue weighted by atomic mass is 9.91. The van der Waals surface area contributed by atoms with Crippen LogP contribution in [0, 0.1) is 0 Å². The van der Waals surface area contributed by atoms with E-state index in [4.69, 9.17) is 26.6 Å². The van der Waals surface area contributed by atoms with E-state index in [1.54, 1.807) is 23.9 Å². The summed E-state index contributed by atoms with van der Waals surface area (Å²) in [4.78, 5) is 35.2. The molecule has 0 aliphatic carbocycles. The van der Waals surface area contributed by atoms with Crippen molar-refractivity contribution in [3.63, 3.8) is 0 Å². The molecule has 6 rings (SSSR count). The zero-order valence-electron chi connectivity index (χ0n) is 23.3. The number of aromatic nitrogens is 6. The van der Waals surface area contributed by atoms with Gasteiger partial charge in [-0.25, -0.2) is 9.78 Å². The van der Waals surface area contributed by atoms with Crippen LogP contribution in [0.1, 0.15) is 24.0 Å². The molecule has 1 aliphatic heterocycles. The van der Waals surface area contributed by atoms with Crippen LogP contribution < -0.4 is 11.3 Å². The number of likely N-dealkylation sites (tertiary alicyclic amines) is 1. The Balaban J connectivity index is 1.13. The highest BCUT2D eigenvalue weighted by molar-refractivity contribution is 6.31. The number of benzene rings is 2. The number of piperidine rings is 1. The molecular weight excluding hydrogens is 576 g/mol. The molecule has 14 heteroatoms. The van der Waals surface area contributed by atoms with Crippen molar-refractivity contribution in [2.45, 2.75) is 38.1 Å². The van der Waals surface area contributed by atoms with Crippen molar-refractivity contribution >= 4 is 28.7 Å². The highest BCUT2D eigenvalue weighted by Gasteiger charge is 2.33. The zero-order chi connectivity index (χ0) is 30.1. The van der Waals surface area contributed by atoms with Gasteiger partial charge < -0.3 is 20.1 Å². The molecule has 0 atom stereocenters. The third-order valence-electron chi connectivity index (χ3n) is 7.74. The van der Waals surface area contributed by atoms with E-state index in [-0.39, 0.29) is 24.2 Å². The fourth-order valence-corrected chi connectivity index (χ4v) is 5.64. The van der Waals surface area contributed by atoms with Crippen LogP contribution in [0.15, 0.2) is 64.5 Å². The highest BCUT2D eigenvalue weighted by Crippen LogP contribution is 2.29. The minimum Gasteiger partial charge on any atom is -0.445 e. The molecule has 1 amide bonds. The number of hydrogen-bond acceptors (Lipinski definition) is 10. The molecule has 13 nitrogen and oxygen atoms in total. The molecule has 0 bridgehead atoms. The van der Waals surface area contributed by atoms with E-state index >= 15 is 0 Å². The number of fused-ring (bicyclic) bond motifs is 1. The van der Waals surface area contributed by atoms with Gasteiger partial charge in [0.1, 0.15) is 12.1 Å². The number of ether oxygens (including phenoxy) is 1. The molecule has 0 spiro atoms. The number of halogens is 1. The second kappa shape index (κ2) is 11.6. The van der Waals surface area contributed by atoms with E-state index in [0.29, 0.717) is 54.5 Å². The molecule has 0 radical (unpaired) electrons. The topological polar surface area (TPSA) is 167 Å². The molecule has 4 heterocycles. The summed E-state index contributed by atoms with van der Waals surface area (Å²) in [5.74, 6) is 0.476. The van der Waals surface area contributed by atoms with Crippen LogP contribution in [0.2, 0.25) is 5.02 Å². The molecule has 5 aromatic rings. The average Bonchev–Trinajstić information content (AvgIpc) is 3.65. The van der Waals surface area contributed by atoms with Gasteiger partial charge in [-0.3, -0.25) is 18.9 Å². The van der Waals surface area contributed by atoms with Crippen LogP contribution in [0.5, 0.6) is 0 Å². The summed E-state index contributed by atoms with van der Waals surface area (Å²) in [6.07, 6.45) is 2.87. The first-order valence-corrected chi connectivity index (χ1v) is 14.0. The van der Waals surface area contributed by atoms with Crippen molar-refractivity contribution in [3.05, 3.63) is 81.7 Å². The molecular formula is C29H29ClN8O5. The maximum atomic E-state index is 13.4. The van der Waals surface area contributed by atoms with Crippen molar-refractivity contribution < 1.29 is 19.2 Å². The predicted molar refractivity (Wildman–Crippen MR) is 157 cm³/mol. The van der Waals surface area contributed by atoms with E-state index < -0.39 is 11.7 Å². The first-order chi connectivity index (χ1) is 20.7. The Morgan fingerprint density at radius 3 is 2.53 bits per heavy atom. The Kier molecular flexibility index (Phi) is 7.69. The molecule has 1 saturated heterocycles. The molecule has 3 aromatic heterocycles. The summed E-state index contributed by atoms with van der Waals surface area (Å²) in [6, 6.07) is 13.0. The minimum absolute atomic E-state index is 0.0643. The summed E-state index contributed by atoms with van der Waals surface area (Å²) in [7, 11) is 1.75. The predicted octanol–water partition coefficient (Wildman–Crippen LogP) is 3.12. The summed E-state index contributed by atoms with van der Waals surface area (Å²) < 4.78 is 12.7. The third-order valence-corrected chi connectivity index (χ3v) is 8.09. The van der Waals surface area contributed by atoms with Gasteiger partial charge in [-0.05, 0) is 30.0 Å². The van der Waals surface area contributed by atoms with E-state index in [9.17, 15) is 14.7 Å². The summed E-state index contributed by atoms with van der Waals surface area (Å²) in [5, 5.41) is 20.3. The Morgan fingerprint density at radius 1 is 1.12 bits per heavy atom.